The Kier molecular flexibility index (Phi) is 5.64. The topological polar surface area (TPSA) is 82.0 Å². The molecule has 1 rings (SSSR count). The highest BCUT2D eigenvalue weighted by molar-refractivity contribution is 4.89. The van der Waals surface area contributed by atoms with Crippen molar-refractivity contribution in [2.24, 2.45) is 0 Å². The van der Waals surface area contributed by atoms with Gasteiger partial charge in [0, 0.05) is 6.04 Å². The molecular formula is C11H23NO4. The van der Waals surface area contributed by atoms with Crippen molar-refractivity contribution < 1.29 is 20.1 Å². The zero-order chi connectivity index (χ0) is 12.1. The molecule has 0 saturated carbocycles. The number of rotatable bonds is 6. The minimum atomic E-state index is -1.04. The molecule has 0 aromatic carbocycles. The van der Waals surface area contributed by atoms with Crippen molar-refractivity contribution in [3.63, 3.8) is 0 Å². The van der Waals surface area contributed by atoms with Crippen LogP contribution in [-0.2, 0) is 4.74 Å². The maximum Gasteiger partial charge on any atom is 0.113 e. The third-order valence-corrected chi connectivity index (χ3v) is 2.84. The minimum Gasteiger partial charge on any atom is -0.394 e. The highest BCUT2D eigenvalue weighted by Crippen LogP contribution is 2.17. The number of nitrogens with one attached hydrogen (secondary N) is 1. The molecule has 5 heteroatoms. The summed E-state index contributed by atoms with van der Waals surface area (Å²) in [5.41, 5.74) is 0. The Morgan fingerprint density at radius 2 is 2.06 bits per heavy atom. The van der Waals surface area contributed by atoms with Gasteiger partial charge < -0.3 is 25.4 Å². The summed E-state index contributed by atoms with van der Waals surface area (Å²) in [5, 5.41) is 31.8. The molecule has 1 aliphatic heterocycles. The maximum absolute atomic E-state index is 10.1. The fraction of sp³-hybridized carbons (Fsp3) is 1.00. The summed E-state index contributed by atoms with van der Waals surface area (Å²) < 4.78 is 5.48. The van der Waals surface area contributed by atoms with Crippen LogP contribution in [0.2, 0.25) is 0 Å². The summed E-state index contributed by atoms with van der Waals surface area (Å²) in [7, 11) is 0. The van der Waals surface area contributed by atoms with Gasteiger partial charge in [0.15, 0.2) is 0 Å². The van der Waals surface area contributed by atoms with Crippen LogP contribution in [0.4, 0.5) is 0 Å². The van der Waals surface area contributed by atoms with Gasteiger partial charge in [-0.05, 0) is 33.2 Å². The molecule has 4 atom stereocenters. The summed E-state index contributed by atoms with van der Waals surface area (Å²) in [6.07, 6.45) is -0.766. The molecule has 1 heterocycles. The Balaban J connectivity index is 2.58. The summed E-state index contributed by atoms with van der Waals surface area (Å²) in [4.78, 5) is 0. The van der Waals surface area contributed by atoms with E-state index in [0.717, 1.165) is 19.4 Å². The largest absolute Gasteiger partial charge is 0.394 e. The zero-order valence-electron chi connectivity index (χ0n) is 9.97. The summed E-state index contributed by atoms with van der Waals surface area (Å²) >= 11 is 0. The Bertz CT molecular complexity index is 194. The summed E-state index contributed by atoms with van der Waals surface area (Å²) in [5.74, 6) is 0. The van der Waals surface area contributed by atoms with Crippen molar-refractivity contribution in [2.75, 3.05) is 13.2 Å². The first kappa shape index (κ1) is 13.9. The van der Waals surface area contributed by atoms with E-state index < -0.39 is 24.9 Å². The Morgan fingerprint density at radius 3 is 2.50 bits per heavy atom. The van der Waals surface area contributed by atoms with Crippen molar-refractivity contribution in [2.45, 2.75) is 57.1 Å². The molecule has 0 unspecified atom stereocenters. The fourth-order valence-electron chi connectivity index (χ4n) is 2.05. The molecule has 96 valence electrons. The molecule has 0 aromatic rings. The predicted octanol–water partition coefficient (Wildman–Crippen LogP) is -0.754. The lowest BCUT2D eigenvalue weighted by atomic mass is 9.99. The highest BCUT2D eigenvalue weighted by Gasteiger charge is 2.35. The highest BCUT2D eigenvalue weighted by atomic mass is 16.5. The third-order valence-electron chi connectivity index (χ3n) is 2.84. The van der Waals surface area contributed by atoms with Gasteiger partial charge in [0.2, 0.25) is 0 Å². The van der Waals surface area contributed by atoms with Crippen LogP contribution in [0.1, 0.15) is 26.7 Å². The van der Waals surface area contributed by atoms with E-state index in [0.29, 0.717) is 0 Å². The Labute approximate surface area is 96.4 Å². The maximum atomic E-state index is 10.1. The molecule has 0 amide bonds. The minimum absolute atomic E-state index is 0.0510. The summed E-state index contributed by atoms with van der Waals surface area (Å²) in [6, 6.07) is -0.0510. The second-order valence-corrected chi connectivity index (χ2v) is 4.59. The van der Waals surface area contributed by atoms with Crippen molar-refractivity contribution in [3.05, 3.63) is 0 Å². The first-order valence-corrected chi connectivity index (χ1v) is 5.92. The van der Waals surface area contributed by atoms with Crippen LogP contribution in [0.25, 0.3) is 0 Å². The average molecular weight is 233 g/mol. The Hall–Kier alpha value is -0.200. The van der Waals surface area contributed by atoms with Crippen molar-refractivity contribution in [1.29, 1.82) is 0 Å². The van der Waals surface area contributed by atoms with Gasteiger partial charge in [0.25, 0.3) is 0 Å². The van der Waals surface area contributed by atoms with Gasteiger partial charge in [-0.15, -0.1) is 0 Å². The fourth-order valence-corrected chi connectivity index (χ4v) is 2.05. The van der Waals surface area contributed by atoms with E-state index in [1.807, 2.05) is 13.8 Å². The number of hydrogen-bond acceptors (Lipinski definition) is 5. The van der Waals surface area contributed by atoms with Crippen molar-refractivity contribution >= 4 is 0 Å². The standard InChI is InChI=1S/C11H23NO4/c1-7(2)16-11(9(14)6-13)10(15)8-4-3-5-12-8/h7-15H,3-6H2,1-2H3/t8-,9+,10+,11-/m0/s1. The predicted molar refractivity (Wildman–Crippen MR) is 60.1 cm³/mol. The summed E-state index contributed by atoms with van der Waals surface area (Å²) in [6.45, 7) is 4.16. The molecule has 0 aliphatic carbocycles. The van der Waals surface area contributed by atoms with E-state index in [-0.39, 0.29) is 12.1 Å². The van der Waals surface area contributed by atoms with Crippen LogP contribution in [-0.4, -0.2) is 58.9 Å². The van der Waals surface area contributed by atoms with Crippen molar-refractivity contribution in [3.8, 4) is 0 Å². The number of aliphatic hydroxyl groups is 3. The molecule has 4 N–H and O–H groups in total. The van der Waals surface area contributed by atoms with Crippen LogP contribution in [0.5, 0.6) is 0 Å². The first-order chi connectivity index (χ1) is 7.56. The molecule has 0 aromatic heterocycles. The van der Waals surface area contributed by atoms with Gasteiger partial charge in [0.05, 0.1) is 18.8 Å². The van der Waals surface area contributed by atoms with Gasteiger partial charge in [-0.1, -0.05) is 0 Å². The molecule has 1 fully saturated rings. The van der Waals surface area contributed by atoms with Crippen LogP contribution in [0, 0.1) is 0 Å². The van der Waals surface area contributed by atoms with E-state index in [1.54, 1.807) is 0 Å². The smallest absolute Gasteiger partial charge is 0.113 e. The second kappa shape index (κ2) is 6.51. The van der Waals surface area contributed by atoms with Crippen LogP contribution < -0.4 is 5.32 Å². The quantitative estimate of drug-likeness (QED) is 0.485. The molecule has 16 heavy (non-hydrogen) atoms. The molecule has 0 bridgehead atoms. The van der Waals surface area contributed by atoms with E-state index in [9.17, 15) is 10.2 Å². The normalized spacial score (nSPS) is 27.0. The monoisotopic (exact) mass is 233 g/mol. The molecule has 1 aliphatic rings. The van der Waals surface area contributed by atoms with Crippen LogP contribution in [0.15, 0.2) is 0 Å². The van der Waals surface area contributed by atoms with Gasteiger partial charge in [-0.3, -0.25) is 0 Å². The SMILES string of the molecule is CC(C)O[C@H]([C@H](O)[C@@H]1CCCN1)[C@H](O)CO. The zero-order valence-corrected chi connectivity index (χ0v) is 9.97. The molecule has 1 saturated heterocycles. The van der Waals surface area contributed by atoms with Gasteiger partial charge in [-0.25, -0.2) is 0 Å². The average Bonchev–Trinajstić information content (AvgIpc) is 2.77. The second-order valence-electron chi connectivity index (χ2n) is 4.59. The molecule has 0 spiro atoms. The Morgan fingerprint density at radius 1 is 1.38 bits per heavy atom. The van der Waals surface area contributed by atoms with Crippen molar-refractivity contribution in [1.82, 2.24) is 5.32 Å². The molecular weight excluding hydrogens is 210 g/mol. The first-order valence-electron chi connectivity index (χ1n) is 5.92. The lowest BCUT2D eigenvalue weighted by molar-refractivity contribution is -0.137. The number of hydrogen-bond donors (Lipinski definition) is 4. The number of ether oxygens (including phenoxy) is 1. The van der Waals surface area contributed by atoms with E-state index >= 15 is 0 Å². The van der Waals surface area contributed by atoms with E-state index in [2.05, 4.69) is 5.32 Å². The lowest BCUT2D eigenvalue weighted by Gasteiger charge is -2.31. The van der Waals surface area contributed by atoms with Gasteiger partial charge >= 0.3 is 0 Å². The van der Waals surface area contributed by atoms with Crippen LogP contribution >= 0.6 is 0 Å². The lowest BCUT2D eigenvalue weighted by Crippen LogP contribution is -2.51. The molecule has 0 radical (unpaired) electrons. The van der Waals surface area contributed by atoms with E-state index in [4.69, 9.17) is 9.84 Å². The van der Waals surface area contributed by atoms with Crippen LogP contribution in [0.3, 0.4) is 0 Å². The van der Waals surface area contributed by atoms with E-state index in [1.165, 1.54) is 0 Å². The van der Waals surface area contributed by atoms with Gasteiger partial charge in [0.1, 0.15) is 12.2 Å². The molecule has 5 nitrogen and oxygen atoms in total. The van der Waals surface area contributed by atoms with Gasteiger partial charge in [-0.2, -0.15) is 0 Å². The number of aliphatic hydroxyl groups excluding tert-OH is 3. The third kappa shape index (κ3) is 3.68.